The Kier molecular flexibility index (Phi) is 3.90. The van der Waals surface area contributed by atoms with Gasteiger partial charge in [-0.05, 0) is 30.3 Å². The minimum absolute atomic E-state index is 0.303. The summed E-state index contributed by atoms with van der Waals surface area (Å²) in [5.41, 5.74) is 3.06. The number of fused-ring (bicyclic) bond motifs is 2. The van der Waals surface area contributed by atoms with Gasteiger partial charge in [-0.3, -0.25) is 4.98 Å². The fourth-order valence-corrected chi connectivity index (χ4v) is 3.45. The molecule has 0 radical (unpaired) electrons. The highest BCUT2D eigenvalue weighted by Gasteiger charge is 2.23. The molecule has 27 heavy (non-hydrogen) atoms. The van der Waals surface area contributed by atoms with E-state index < -0.39 is 0 Å². The third kappa shape index (κ3) is 2.97. The second kappa shape index (κ2) is 6.68. The van der Waals surface area contributed by atoms with Gasteiger partial charge in [-0.15, -0.1) is 0 Å². The zero-order chi connectivity index (χ0) is 18.1. The Hall–Kier alpha value is -3.47. The molecule has 4 aromatic rings. The molecule has 2 aromatic carbocycles. The average Bonchev–Trinajstić information content (AvgIpc) is 3.15. The van der Waals surface area contributed by atoms with Gasteiger partial charge in [-0.1, -0.05) is 30.3 Å². The zero-order valence-corrected chi connectivity index (χ0v) is 14.7. The molecule has 1 aliphatic rings. The number of para-hydroxylation sites is 2. The van der Waals surface area contributed by atoms with Crippen LogP contribution in [0.3, 0.4) is 0 Å². The molecule has 5 rings (SSSR count). The summed E-state index contributed by atoms with van der Waals surface area (Å²) in [6.45, 7) is 1.44. The van der Waals surface area contributed by atoms with Crippen molar-refractivity contribution in [2.45, 2.75) is 5.92 Å². The molecule has 2 aromatic heterocycles. The summed E-state index contributed by atoms with van der Waals surface area (Å²) in [5, 5.41) is 4.54. The van der Waals surface area contributed by atoms with Gasteiger partial charge in [-0.2, -0.15) is 0 Å². The lowest BCUT2D eigenvalue weighted by Crippen LogP contribution is -2.15. The molecular weight excluding hydrogens is 336 g/mol. The molecule has 0 saturated carbocycles. The van der Waals surface area contributed by atoms with Gasteiger partial charge in [0.25, 0.3) is 0 Å². The van der Waals surface area contributed by atoms with Crippen LogP contribution in [0.25, 0.3) is 22.3 Å². The van der Waals surface area contributed by atoms with Crippen molar-refractivity contribution in [3.05, 3.63) is 78.6 Å². The molecule has 1 N–H and O–H groups in total. The maximum absolute atomic E-state index is 5.80. The summed E-state index contributed by atoms with van der Waals surface area (Å²) in [6.07, 6.45) is 3.54. The van der Waals surface area contributed by atoms with E-state index in [0.29, 0.717) is 18.3 Å². The van der Waals surface area contributed by atoms with Crippen molar-refractivity contribution < 1.29 is 4.74 Å². The first-order chi connectivity index (χ1) is 13.4. The minimum atomic E-state index is 0.303. The van der Waals surface area contributed by atoms with Gasteiger partial charge in [0.15, 0.2) is 5.82 Å². The van der Waals surface area contributed by atoms with Crippen LogP contribution in [-0.4, -0.2) is 28.1 Å². The lowest BCUT2D eigenvalue weighted by atomic mass is 10.0. The van der Waals surface area contributed by atoms with E-state index in [0.717, 1.165) is 34.6 Å². The Morgan fingerprint density at radius 3 is 2.78 bits per heavy atom. The van der Waals surface area contributed by atoms with Crippen molar-refractivity contribution in [3.8, 4) is 17.1 Å². The van der Waals surface area contributed by atoms with Gasteiger partial charge in [0.05, 0.1) is 12.1 Å². The lowest BCUT2D eigenvalue weighted by molar-refractivity contribution is 0.334. The number of ether oxygens (including phenoxy) is 1. The molecule has 0 amide bonds. The topological polar surface area (TPSA) is 59.9 Å². The summed E-state index contributed by atoms with van der Waals surface area (Å²) in [4.78, 5) is 13.7. The largest absolute Gasteiger partial charge is 0.493 e. The standard InChI is InChI=1S/C22H18N4O/c1-3-9-19-18(8-1)22(26-21(25-19)15-6-5-11-23-12-15)24-13-16-14-27-20-10-4-2-7-17(16)20/h1-12,16H,13-14H2,(H,24,25,26). The summed E-state index contributed by atoms with van der Waals surface area (Å²) in [6, 6.07) is 20.1. The molecule has 1 aliphatic heterocycles. The predicted molar refractivity (Wildman–Crippen MR) is 106 cm³/mol. The highest BCUT2D eigenvalue weighted by atomic mass is 16.5. The van der Waals surface area contributed by atoms with Crippen LogP contribution in [0, 0.1) is 0 Å². The number of aromatic nitrogens is 3. The molecular formula is C22H18N4O. The van der Waals surface area contributed by atoms with Gasteiger partial charge < -0.3 is 10.1 Å². The Bertz CT molecular complexity index is 1100. The first-order valence-corrected chi connectivity index (χ1v) is 9.01. The molecule has 0 spiro atoms. The Morgan fingerprint density at radius 2 is 1.85 bits per heavy atom. The fraction of sp³-hybridized carbons (Fsp3) is 0.136. The number of nitrogens with one attached hydrogen (secondary N) is 1. The third-order valence-corrected chi connectivity index (χ3v) is 4.84. The van der Waals surface area contributed by atoms with Gasteiger partial charge in [-0.25, -0.2) is 9.97 Å². The molecule has 0 fully saturated rings. The highest BCUT2D eigenvalue weighted by Crippen LogP contribution is 2.34. The monoisotopic (exact) mass is 354 g/mol. The van der Waals surface area contributed by atoms with Gasteiger partial charge in [0.1, 0.15) is 11.6 Å². The van der Waals surface area contributed by atoms with Gasteiger partial charge in [0.2, 0.25) is 0 Å². The van der Waals surface area contributed by atoms with Crippen LogP contribution in [0.5, 0.6) is 5.75 Å². The lowest BCUT2D eigenvalue weighted by Gasteiger charge is -2.14. The molecule has 1 unspecified atom stereocenters. The number of benzene rings is 2. The molecule has 132 valence electrons. The summed E-state index contributed by atoms with van der Waals surface area (Å²) >= 11 is 0. The van der Waals surface area contributed by atoms with Crippen LogP contribution in [0.4, 0.5) is 5.82 Å². The van der Waals surface area contributed by atoms with Crippen molar-refractivity contribution in [2.75, 3.05) is 18.5 Å². The molecule has 3 heterocycles. The van der Waals surface area contributed by atoms with E-state index in [1.165, 1.54) is 5.56 Å². The zero-order valence-electron chi connectivity index (χ0n) is 14.7. The van der Waals surface area contributed by atoms with Crippen molar-refractivity contribution >= 4 is 16.7 Å². The van der Waals surface area contributed by atoms with Crippen molar-refractivity contribution in [2.24, 2.45) is 0 Å². The number of pyridine rings is 1. The minimum Gasteiger partial charge on any atom is -0.493 e. The van der Waals surface area contributed by atoms with E-state index >= 15 is 0 Å². The first kappa shape index (κ1) is 15.8. The number of rotatable bonds is 4. The summed E-state index contributed by atoms with van der Waals surface area (Å²) < 4.78 is 5.80. The van der Waals surface area contributed by atoms with Crippen LogP contribution < -0.4 is 10.1 Å². The first-order valence-electron chi connectivity index (χ1n) is 9.01. The van der Waals surface area contributed by atoms with Gasteiger partial charge in [0, 0.05) is 41.4 Å². The molecule has 1 atom stereocenters. The number of hydrogen-bond donors (Lipinski definition) is 1. The molecule has 5 nitrogen and oxygen atoms in total. The number of hydrogen-bond acceptors (Lipinski definition) is 5. The van der Waals surface area contributed by atoms with Crippen molar-refractivity contribution in [3.63, 3.8) is 0 Å². The smallest absolute Gasteiger partial charge is 0.163 e. The van der Waals surface area contributed by atoms with Gasteiger partial charge >= 0.3 is 0 Å². The van der Waals surface area contributed by atoms with Crippen LogP contribution in [0.15, 0.2) is 73.1 Å². The Balaban J connectivity index is 1.49. The van der Waals surface area contributed by atoms with Crippen molar-refractivity contribution in [1.29, 1.82) is 0 Å². The summed E-state index contributed by atoms with van der Waals surface area (Å²) in [7, 11) is 0. The second-order valence-electron chi connectivity index (χ2n) is 6.58. The van der Waals surface area contributed by atoms with E-state index in [-0.39, 0.29) is 0 Å². The maximum atomic E-state index is 5.80. The average molecular weight is 354 g/mol. The van der Waals surface area contributed by atoms with Crippen molar-refractivity contribution in [1.82, 2.24) is 15.0 Å². The SMILES string of the molecule is c1cncc(-c2nc(NCC3COc4ccccc43)c3ccccc3n2)c1. The van der Waals surface area contributed by atoms with Crippen LogP contribution in [0.2, 0.25) is 0 Å². The van der Waals surface area contributed by atoms with Crippen LogP contribution in [0.1, 0.15) is 11.5 Å². The predicted octanol–water partition coefficient (Wildman–Crippen LogP) is 4.28. The maximum Gasteiger partial charge on any atom is 0.163 e. The van der Waals surface area contributed by atoms with E-state index in [1.807, 2.05) is 48.5 Å². The van der Waals surface area contributed by atoms with E-state index in [2.05, 4.69) is 22.4 Å². The highest BCUT2D eigenvalue weighted by molar-refractivity contribution is 5.90. The van der Waals surface area contributed by atoms with E-state index in [4.69, 9.17) is 14.7 Å². The third-order valence-electron chi connectivity index (χ3n) is 4.84. The normalized spacial score (nSPS) is 15.3. The molecule has 0 saturated heterocycles. The Labute approximate surface area is 157 Å². The van der Waals surface area contributed by atoms with E-state index in [1.54, 1.807) is 12.4 Å². The number of nitrogens with zero attached hydrogens (tertiary/aromatic N) is 3. The van der Waals surface area contributed by atoms with E-state index in [9.17, 15) is 0 Å². The Morgan fingerprint density at radius 1 is 0.963 bits per heavy atom. The van der Waals surface area contributed by atoms with Crippen LogP contribution in [-0.2, 0) is 0 Å². The fourth-order valence-electron chi connectivity index (χ4n) is 3.45. The molecule has 0 aliphatic carbocycles. The quantitative estimate of drug-likeness (QED) is 0.593. The summed E-state index contributed by atoms with van der Waals surface area (Å²) in [5.74, 6) is 2.79. The van der Waals surface area contributed by atoms with Crippen LogP contribution >= 0.6 is 0 Å². The molecule has 5 heteroatoms. The second-order valence-corrected chi connectivity index (χ2v) is 6.58. The molecule has 0 bridgehead atoms. The number of anilines is 1.